The van der Waals surface area contributed by atoms with E-state index in [-0.39, 0.29) is 19.0 Å². The van der Waals surface area contributed by atoms with Gasteiger partial charge in [0.15, 0.2) is 19.0 Å². The molecule has 0 aliphatic rings. The van der Waals surface area contributed by atoms with Crippen molar-refractivity contribution in [1.82, 2.24) is 0 Å². The molecule has 3 aromatic carbocycles. The van der Waals surface area contributed by atoms with Crippen LogP contribution in [-0.4, -0.2) is 32.1 Å². The van der Waals surface area contributed by atoms with Gasteiger partial charge in [-0.2, -0.15) is 0 Å². The number of halogens is 1. The Morgan fingerprint density at radius 1 is 0.893 bits per heavy atom. The fourth-order valence-electron chi connectivity index (χ4n) is 2.64. The summed E-state index contributed by atoms with van der Waals surface area (Å²) < 4.78 is 15.6. The van der Waals surface area contributed by atoms with Crippen molar-refractivity contribution in [2.75, 3.05) is 20.3 Å². The van der Waals surface area contributed by atoms with E-state index in [1.54, 1.807) is 37.4 Å². The van der Waals surface area contributed by atoms with Crippen LogP contribution in [0.2, 0.25) is 5.02 Å². The molecule has 0 N–H and O–H groups in total. The van der Waals surface area contributed by atoms with E-state index in [0.717, 1.165) is 22.1 Å². The van der Waals surface area contributed by atoms with E-state index in [9.17, 15) is 9.59 Å². The smallest absolute Gasteiger partial charge is 0.344 e. The number of aryl methyl sites for hydroxylation is 1. The lowest BCUT2D eigenvalue weighted by Gasteiger charge is -2.08. The number of Topliss-reactive ketones (excluding diaryl/α,β-unsaturated/α-hetero) is 1. The number of methoxy groups -OCH3 is 1. The molecular weight excluding hydrogens is 380 g/mol. The second-order valence-corrected chi connectivity index (χ2v) is 6.62. The van der Waals surface area contributed by atoms with Crippen molar-refractivity contribution in [2.24, 2.45) is 0 Å². The minimum Gasteiger partial charge on any atom is -0.497 e. The molecule has 0 bridgehead atoms. The van der Waals surface area contributed by atoms with Gasteiger partial charge in [0.05, 0.1) is 7.11 Å². The van der Waals surface area contributed by atoms with Gasteiger partial charge in [-0.05, 0) is 59.7 Å². The Balaban J connectivity index is 1.55. The summed E-state index contributed by atoms with van der Waals surface area (Å²) in [5.74, 6) is 0.353. The zero-order valence-corrected chi connectivity index (χ0v) is 16.3. The van der Waals surface area contributed by atoms with Crippen LogP contribution >= 0.6 is 11.6 Å². The largest absolute Gasteiger partial charge is 0.497 e. The fraction of sp³-hybridized carbons (Fsp3) is 0.182. The molecule has 0 atom stereocenters. The number of carbonyl (C=O) groups excluding carboxylic acids is 2. The topological polar surface area (TPSA) is 61.8 Å². The molecule has 6 heteroatoms. The maximum Gasteiger partial charge on any atom is 0.344 e. The van der Waals surface area contributed by atoms with Crippen LogP contribution in [0.1, 0.15) is 15.9 Å². The lowest BCUT2D eigenvalue weighted by molar-refractivity contribution is -0.144. The minimum absolute atomic E-state index is 0.284. The first-order chi connectivity index (χ1) is 13.5. The summed E-state index contributed by atoms with van der Waals surface area (Å²) in [6, 6.07) is 16.0. The van der Waals surface area contributed by atoms with Gasteiger partial charge in [-0.1, -0.05) is 29.8 Å². The van der Waals surface area contributed by atoms with Crippen LogP contribution in [0.15, 0.2) is 54.6 Å². The van der Waals surface area contributed by atoms with Gasteiger partial charge in [0, 0.05) is 10.6 Å². The third-order valence-corrected chi connectivity index (χ3v) is 4.64. The molecule has 0 saturated heterocycles. The molecule has 5 nitrogen and oxygen atoms in total. The van der Waals surface area contributed by atoms with Crippen molar-refractivity contribution in [3.63, 3.8) is 0 Å². The highest BCUT2D eigenvalue weighted by Gasteiger charge is 2.12. The average molecular weight is 399 g/mol. The molecular formula is C22H19ClO5. The van der Waals surface area contributed by atoms with Crippen molar-refractivity contribution in [3.8, 4) is 11.5 Å². The number of rotatable bonds is 7. The predicted molar refractivity (Wildman–Crippen MR) is 107 cm³/mol. The van der Waals surface area contributed by atoms with Crippen molar-refractivity contribution >= 4 is 34.1 Å². The first-order valence-electron chi connectivity index (χ1n) is 8.62. The monoisotopic (exact) mass is 398 g/mol. The van der Waals surface area contributed by atoms with Gasteiger partial charge in [0.2, 0.25) is 0 Å². The lowest BCUT2D eigenvalue weighted by atomic mass is 10.0. The minimum atomic E-state index is -0.619. The first-order valence-corrected chi connectivity index (χ1v) is 8.99. The standard InChI is InChI=1S/C22H19ClO5/c1-14-9-19(7-8-20(14)23)27-13-22(25)28-12-21(24)17-4-3-16-11-18(26-2)6-5-15(16)10-17/h3-11H,12-13H2,1-2H3. The Morgan fingerprint density at radius 3 is 2.36 bits per heavy atom. The number of ether oxygens (including phenoxy) is 3. The van der Waals surface area contributed by atoms with Gasteiger partial charge in [-0.25, -0.2) is 4.79 Å². The summed E-state index contributed by atoms with van der Waals surface area (Å²) in [5.41, 5.74) is 1.32. The van der Waals surface area contributed by atoms with Crippen molar-refractivity contribution in [3.05, 3.63) is 70.7 Å². The number of fused-ring (bicyclic) bond motifs is 1. The van der Waals surface area contributed by atoms with Gasteiger partial charge < -0.3 is 14.2 Å². The SMILES string of the molecule is COc1ccc2cc(C(=O)COC(=O)COc3ccc(Cl)c(C)c3)ccc2c1. The number of hydrogen-bond acceptors (Lipinski definition) is 5. The molecule has 0 fully saturated rings. The van der Waals surface area contributed by atoms with E-state index in [0.29, 0.717) is 16.3 Å². The van der Waals surface area contributed by atoms with Crippen LogP contribution in [0.25, 0.3) is 10.8 Å². The second kappa shape index (κ2) is 8.76. The quantitative estimate of drug-likeness (QED) is 0.429. The molecule has 0 radical (unpaired) electrons. The summed E-state index contributed by atoms with van der Waals surface area (Å²) in [6.07, 6.45) is 0. The summed E-state index contributed by atoms with van der Waals surface area (Å²) >= 11 is 5.95. The van der Waals surface area contributed by atoms with Crippen LogP contribution in [0.4, 0.5) is 0 Å². The van der Waals surface area contributed by atoms with Gasteiger partial charge >= 0.3 is 5.97 Å². The van der Waals surface area contributed by atoms with Crippen LogP contribution in [0, 0.1) is 6.92 Å². The maximum atomic E-state index is 12.3. The molecule has 0 unspecified atom stereocenters. The molecule has 0 amide bonds. The first kappa shape index (κ1) is 19.7. The third-order valence-electron chi connectivity index (χ3n) is 4.22. The van der Waals surface area contributed by atoms with Crippen LogP contribution in [-0.2, 0) is 9.53 Å². The van der Waals surface area contributed by atoms with Crippen LogP contribution in [0.5, 0.6) is 11.5 Å². The normalized spacial score (nSPS) is 10.5. The van der Waals surface area contributed by atoms with E-state index in [1.165, 1.54) is 0 Å². The van der Waals surface area contributed by atoms with Gasteiger partial charge in [-0.15, -0.1) is 0 Å². The molecule has 0 saturated carbocycles. The molecule has 0 spiro atoms. The zero-order valence-electron chi connectivity index (χ0n) is 15.5. The van der Waals surface area contributed by atoms with Gasteiger partial charge in [0.25, 0.3) is 0 Å². The Morgan fingerprint density at radius 2 is 1.61 bits per heavy atom. The fourth-order valence-corrected chi connectivity index (χ4v) is 2.76. The van der Waals surface area contributed by atoms with E-state index < -0.39 is 5.97 Å². The number of carbonyl (C=O) groups is 2. The Kier molecular flexibility index (Phi) is 6.16. The number of benzene rings is 3. The van der Waals surface area contributed by atoms with Crippen molar-refractivity contribution in [2.45, 2.75) is 6.92 Å². The van der Waals surface area contributed by atoms with Gasteiger partial charge in [-0.3, -0.25) is 4.79 Å². The molecule has 3 aromatic rings. The molecule has 0 aliphatic heterocycles. The van der Waals surface area contributed by atoms with E-state index >= 15 is 0 Å². The Hall–Kier alpha value is -3.05. The Labute approximate surface area is 167 Å². The number of hydrogen-bond donors (Lipinski definition) is 0. The van der Waals surface area contributed by atoms with Crippen molar-refractivity contribution < 1.29 is 23.8 Å². The van der Waals surface area contributed by atoms with Crippen molar-refractivity contribution in [1.29, 1.82) is 0 Å². The van der Waals surface area contributed by atoms with Crippen LogP contribution < -0.4 is 9.47 Å². The maximum absolute atomic E-state index is 12.3. The summed E-state index contributed by atoms with van der Waals surface area (Å²) in [4.78, 5) is 24.2. The average Bonchev–Trinajstić information content (AvgIpc) is 2.72. The molecule has 0 heterocycles. The van der Waals surface area contributed by atoms with Gasteiger partial charge in [0.1, 0.15) is 11.5 Å². The highest BCUT2D eigenvalue weighted by Crippen LogP contribution is 2.22. The number of esters is 1. The summed E-state index contributed by atoms with van der Waals surface area (Å²) in [6.45, 7) is 1.21. The molecule has 144 valence electrons. The number of ketones is 1. The lowest BCUT2D eigenvalue weighted by Crippen LogP contribution is -2.19. The third kappa shape index (κ3) is 4.81. The molecule has 0 aromatic heterocycles. The zero-order chi connectivity index (χ0) is 20.1. The summed E-state index contributed by atoms with van der Waals surface area (Å²) in [7, 11) is 1.60. The highest BCUT2D eigenvalue weighted by atomic mass is 35.5. The second-order valence-electron chi connectivity index (χ2n) is 6.21. The molecule has 28 heavy (non-hydrogen) atoms. The Bertz CT molecular complexity index is 1030. The van der Waals surface area contributed by atoms with E-state index in [4.69, 9.17) is 25.8 Å². The summed E-state index contributed by atoms with van der Waals surface area (Å²) in [5, 5.41) is 2.48. The highest BCUT2D eigenvalue weighted by molar-refractivity contribution is 6.31. The van der Waals surface area contributed by atoms with Crippen LogP contribution in [0.3, 0.4) is 0 Å². The molecule has 0 aliphatic carbocycles. The van der Waals surface area contributed by atoms with E-state index in [1.807, 2.05) is 31.2 Å². The molecule has 3 rings (SSSR count). The predicted octanol–water partition coefficient (Wildman–Crippen LogP) is 4.62. The van der Waals surface area contributed by atoms with E-state index in [2.05, 4.69) is 0 Å².